The van der Waals surface area contributed by atoms with Gasteiger partial charge in [0.1, 0.15) is 18.2 Å². The summed E-state index contributed by atoms with van der Waals surface area (Å²) in [5.74, 6) is 0.779. The van der Waals surface area contributed by atoms with Crippen LogP contribution in [0.1, 0.15) is 27.9 Å². The van der Waals surface area contributed by atoms with Gasteiger partial charge in [-0.2, -0.15) is 13.2 Å². The Labute approximate surface area is 177 Å². The van der Waals surface area contributed by atoms with Crippen LogP contribution < -0.4 is 15.4 Å². The molecule has 0 aliphatic rings. The first-order valence-electron chi connectivity index (χ1n) is 9.59. The van der Waals surface area contributed by atoms with E-state index in [0.717, 1.165) is 17.8 Å². The molecule has 31 heavy (non-hydrogen) atoms. The van der Waals surface area contributed by atoms with Crippen LogP contribution in [-0.4, -0.2) is 29.0 Å². The molecule has 0 unspecified atom stereocenters. The molecule has 3 aromatic rings. The number of halogens is 3. The molecule has 0 aliphatic heterocycles. The van der Waals surface area contributed by atoms with Crippen molar-refractivity contribution in [2.45, 2.75) is 19.2 Å². The molecule has 0 aliphatic carbocycles. The number of hydrogen-bond donors (Lipinski definition) is 2. The van der Waals surface area contributed by atoms with Crippen LogP contribution in [0.5, 0.6) is 5.75 Å². The molecule has 1 aromatic carbocycles. The van der Waals surface area contributed by atoms with Crippen LogP contribution in [0.3, 0.4) is 0 Å². The molecule has 2 heterocycles. The second kappa shape index (κ2) is 10.4. The average molecular weight is 430 g/mol. The van der Waals surface area contributed by atoms with E-state index in [-0.39, 0.29) is 5.91 Å². The molecule has 1 amide bonds. The molecule has 0 spiro atoms. The zero-order valence-electron chi connectivity index (χ0n) is 16.5. The Morgan fingerprint density at radius 3 is 2.45 bits per heavy atom. The van der Waals surface area contributed by atoms with Gasteiger partial charge in [-0.1, -0.05) is 6.07 Å². The minimum Gasteiger partial charge on any atom is -0.489 e. The number of pyridine rings is 2. The van der Waals surface area contributed by atoms with E-state index in [1.165, 1.54) is 6.07 Å². The number of alkyl halides is 3. The molecule has 0 atom stereocenters. The molecular weight excluding hydrogens is 409 g/mol. The summed E-state index contributed by atoms with van der Waals surface area (Å²) >= 11 is 0. The Bertz CT molecular complexity index is 963. The quantitative estimate of drug-likeness (QED) is 0.495. The number of rotatable bonds is 9. The maximum absolute atomic E-state index is 12.5. The van der Waals surface area contributed by atoms with Crippen LogP contribution >= 0.6 is 0 Å². The predicted octanol–water partition coefficient (Wildman–Crippen LogP) is 4.31. The lowest BCUT2D eigenvalue weighted by atomic mass is 10.2. The highest BCUT2D eigenvalue weighted by Gasteiger charge is 2.30. The normalized spacial score (nSPS) is 11.1. The van der Waals surface area contributed by atoms with Crippen molar-refractivity contribution in [2.24, 2.45) is 0 Å². The number of ether oxygens (including phenoxy) is 1. The van der Waals surface area contributed by atoms with Crippen LogP contribution in [-0.2, 0) is 12.8 Å². The van der Waals surface area contributed by atoms with E-state index in [9.17, 15) is 18.0 Å². The third-order valence-electron chi connectivity index (χ3n) is 4.28. The van der Waals surface area contributed by atoms with Crippen molar-refractivity contribution in [3.8, 4) is 5.75 Å². The highest BCUT2D eigenvalue weighted by Crippen LogP contribution is 2.28. The fourth-order valence-corrected chi connectivity index (χ4v) is 2.63. The van der Waals surface area contributed by atoms with Crippen LogP contribution in [0, 0.1) is 0 Å². The Morgan fingerprint density at radius 2 is 1.81 bits per heavy atom. The van der Waals surface area contributed by atoms with Crippen molar-refractivity contribution in [3.63, 3.8) is 0 Å². The molecule has 9 heteroatoms. The molecule has 0 radical (unpaired) electrons. The summed E-state index contributed by atoms with van der Waals surface area (Å²) in [5, 5.41) is 5.72. The number of aromatic nitrogens is 2. The largest absolute Gasteiger partial charge is 0.489 e. The molecule has 0 fully saturated rings. The molecule has 162 valence electrons. The molecule has 2 aromatic heterocycles. The summed E-state index contributed by atoms with van der Waals surface area (Å²) in [4.78, 5) is 20.0. The molecular formula is C22H21F3N4O2. The number of amides is 1. The SMILES string of the molecule is O=C(NCCCNc1ccc(C(F)(F)F)cn1)c1ccc(OCc2cccnc2)cc1. The van der Waals surface area contributed by atoms with Crippen molar-refractivity contribution in [3.05, 3.63) is 83.8 Å². The lowest BCUT2D eigenvalue weighted by Crippen LogP contribution is -2.25. The summed E-state index contributed by atoms with van der Waals surface area (Å²) in [6.07, 6.45) is 0.386. The standard InChI is InChI=1S/C22H21F3N4O2/c23-22(24,25)18-6-9-20(29-14-18)27-11-2-12-28-21(30)17-4-7-19(8-5-17)31-15-16-3-1-10-26-13-16/h1,3-10,13-14H,2,11-12,15H2,(H,27,29)(H,28,30). The van der Waals surface area contributed by atoms with E-state index in [2.05, 4.69) is 20.6 Å². The first kappa shape index (κ1) is 22.1. The number of carbonyl (C=O) groups is 1. The highest BCUT2D eigenvalue weighted by molar-refractivity contribution is 5.94. The van der Waals surface area contributed by atoms with Gasteiger partial charge in [0.15, 0.2) is 0 Å². The Morgan fingerprint density at radius 1 is 1.00 bits per heavy atom. The number of benzene rings is 1. The predicted molar refractivity (Wildman–Crippen MR) is 110 cm³/mol. The van der Waals surface area contributed by atoms with Crippen LogP contribution in [0.4, 0.5) is 19.0 Å². The Balaban J connectivity index is 1.35. The van der Waals surface area contributed by atoms with Gasteiger partial charge in [0.25, 0.3) is 5.91 Å². The molecule has 0 saturated carbocycles. The number of nitrogens with one attached hydrogen (secondary N) is 2. The summed E-state index contributed by atoms with van der Waals surface area (Å²) in [7, 11) is 0. The van der Waals surface area contributed by atoms with Gasteiger partial charge in [0, 0.05) is 42.8 Å². The topological polar surface area (TPSA) is 76.1 Å². The summed E-state index contributed by atoms with van der Waals surface area (Å²) in [6.45, 7) is 1.26. The van der Waals surface area contributed by atoms with Gasteiger partial charge in [-0.05, 0) is 48.9 Å². The first-order valence-corrected chi connectivity index (χ1v) is 9.59. The van der Waals surface area contributed by atoms with Gasteiger partial charge in [-0.3, -0.25) is 9.78 Å². The van der Waals surface area contributed by atoms with Crippen molar-refractivity contribution in [1.82, 2.24) is 15.3 Å². The fourth-order valence-electron chi connectivity index (χ4n) is 2.63. The van der Waals surface area contributed by atoms with Crippen LogP contribution in [0.2, 0.25) is 0 Å². The van der Waals surface area contributed by atoms with E-state index in [1.807, 2.05) is 12.1 Å². The minimum absolute atomic E-state index is 0.216. The third kappa shape index (κ3) is 6.98. The van der Waals surface area contributed by atoms with E-state index in [1.54, 1.807) is 36.7 Å². The summed E-state index contributed by atoms with van der Waals surface area (Å²) in [6, 6.07) is 12.8. The second-order valence-corrected chi connectivity index (χ2v) is 6.64. The Hall–Kier alpha value is -3.62. The highest BCUT2D eigenvalue weighted by atomic mass is 19.4. The lowest BCUT2D eigenvalue weighted by Gasteiger charge is -2.10. The van der Waals surface area contributed by atoms with Gasteiger partial charge in [0.2, 0.25) is 0 Å². The van der Waals surface area contributed by atoms with E-state index in [0.29, 0.717) is 43.2 Å². The number of hydrogen-bond acceptors (Lipinski definition) is 5. The smallest absolute Gasteiger partial charge is 0.417 e. The zero-order chi connectivity index (χ0) is 22.1. The molecule has 2 N–H and O–H groups in total. The monoisotopic (exact) mass is 430 g/mol. The molecule has 6 nitrogen and oxygen atoms in total. The Kier molecular flexibility index (Phi) is 7.42. The van der Waals surface area contributed by atoms with E-state index in [4.69, 9.17) is 4.74 Å². The van der Waals surface area contributed by atoms with Crippen molar-refractivity contribution < 1.29 is 22.7 Å². The number of nitrogens with zero attached hydrogens (tertiary/aromatic N) is 2. The van der Waals surface area contributed by atoms with Crippen molar-refractivity contribution in [2.75, 3.05) is 18.4 Å². The van der Waals surface area contributed by atoms with Crippen LogP contribution in [0.25, 0.3) is 0 Å². The van der Waals surface area contributed by atoms with Gasteiger partial charge in [-0.15, -0.1) is 0 Å². The molecule has 0 bridgehead atoms. The number of carbonyl (C=O) groups excluding carboxylic acids is 1. The van der Waals surface area contributed by atoms with E-state index >= 15 is 0 Å². The third-order valence-corrected chi connectivity index (χ3v) is 4.28. The molecule has 0 saturated heterocycles. The van der Waals surface area contributed by atoms with E-state index < -0.39 is 11.7 Å². The maximum Gasteiger partial charge on any atom is 0.417 e. The van der Waals surface area contributed by atoms with Gasteiger partial charge < -0.3 is 15.4 Å². The van der Waals surface area contributed by atoms with Crippen molar-refractivity contribution in [1.29, 1.82) is 0 Å². The van der Waals surface area contributed by atoms with Crippen molar-refractivity contribution >= 4 is 11.7 Å². The average Bonchev–Trinajstić information content (AvgIpc) is 2.78. The fraction of sp³-hybridized carbons (Fsp3) is 0.227. The minimum atomic E-state index is -4.40. The van der Waals surface area contributed by atoms with Gasteiger partial charge >= 0.3 is 6.18 Å². The van der Waals surface area contributed by atoms with Crippen LogP contribution in [0.15, 0.2) is 67.1 Å². The van der Waals surface area contributed by atoms with Gasteiger partial charge in [0.05, 0.1) is 5.56 Å². The lowest BCUT2D eigenvalue weighted by molar-refractivity contribution is -0.137. The first-order chi connectivity index (χ1) is 14.9. The maximum atomic E-state index is 12.5. The summed E-state index contributed by atoms with van der Waals surface area (Å²) < 4.78 is 43.2. The van der Waals surface area contributed by atoms with Gasteiger partial charge in [-0.25, -0.2) is 4.98 Å². The molecule has 3 rings (SSSR count). The zero-order valence-corrected chi connectivity index (χ0v) is 16.5. The number of anilines is 1. The summed E-state index contributed by atoms with van der Waals surface area (Å²) in [5.41, 5.74) is 0.661. The second-order valence-electron chi connectivity index (χ2n) is 6.64.